The number of aryl methyl sites for hydroxylation is 1. The van der Waals surface area contributed by atoms with Gasteiger partial charge in [0.2, 0.25) is 5.91 Å². The average molecular weight is 438 g/mol. The number of fused-ring (bicyclic) bond motifs is 1. The molecule has 162 valence electrons. The Labute approximate surface area is 186 Å². The van der Waals surface area contributed by atoms with Crippen molar-refractivity contribution in [3.63, 3.8) is 0 Å². The predicted molar refractivity (Wildman–Crippen MR) is 124 cm³/mol. The molecule has 3 aromatic rings. The number of rotatable bonds is 4. The molecule has 2 saturated heterocycles. The van der Waals surface area contributed by atoms with Crippen molar-refractivity contribution in [1.82, 2.24) is 19.8 Å². The number of nitrogens with zero attached hydrogens (tertiary/aromatic N) is 5. The van der Waals surface area contributed by atoms with Crippen molar-refractivity contribution < 1.29 is 9.53 Å². The Bertz CT molecular complexity index is 1050. The first-order chi connectivity index (χ1) is 15.2. The van der Waals surface area contributed by atoms with Crippen LogP contribution in [0.25, 0.3) is 21.3 Å². The number of aromatic nitrogens is 2. The van der Waals surface area contributed by atoms with Crippen molar-refractivity contribution in [3.8, 4) is 11.1 Å². The van der Waals surface area contributed by atoms with Crippen molar-refractivity contribution in [3.05, 3.63) is 41.5 Å². The molecule has 0 saturated carbocycles. The van der Waals surface area contributed by atoms with E-state index in [1.54, 1.807) is 17.7 Å². The molecule has 0 spiro atoms. The summed E-state index contributed by atoms with van der Waals surface area (Å²) in [4.78, 5) is 29.3. The first kappa shape index (κ1) is 20.4. The summed E-state index contributed by atoms with van der Waals surface area (Å²) < 4.78 is 5.35. The van der Waals surface area contributed by atoms with E-state index in [0.717, 1.165) is 42.2 Å². The van der Waals surface area contributed by atoms with Gasteiger partial charge in [-0.2, -0.15) is 0 Å². The minimum Gasteiger partial charge on any atom is -0.378 e. The first-order valence-electron chi connectivity index (χ1n) is 10.8. The standard InChI is InChI=1S/C23H27N5O2S/c1-17-2-4-18(5-3-17)19-15-31-23-21(19)22(24-16-25-23)28-8-6-26(7-9-28)14-20(29)27-10-12-30-13-11-27/h2-5,15-16H,6-14H2,1H3. The van der Waals surface area contributed by atoms with Gasteiger partial charge in [-0.3, -0.25) is 9.69 Å². The number of carbonyl (C=O) groups is 1. The van der Waals surface area contributed by atoms with Crippen LogP contribution in [0, 0.1) is 6.92 Å². The van der Waals surface area contributed by atoms with Crippen LogP contribution in [-0.4, -0.2) is 84.7 Å². The van der Waals surface area contributed by atoms with Gasteiger partial charge in [0.05, 0.1) is 25.1 Å². The summed E-state index contributed by atoms with van der Waals surface area (Å²) in [5.41, 5.74) is 3.64. The molecule has 2 aromatic heterocycles. The molecular formula is C23H27N5O2S. The zero-order chi connectivity index (χ0) is 21.2. The Hall–Kier alpha value is -2.55. The van der Waals surface area contributed by atoms with E-state index in [9.17, 15) is 4.79 Å². The summed E-state index contributed by atoms with van der Waals surface area (Å²) >= 11 is 1.67. The molecule has 1 aromatic carbocycles. The highest BCUT2D eigenvalue weighted by Gasteiger charge is 2.25. The van der Waals surface area contributed by atoms with Gasteiger partial charge in [-0.05, 0) is 12.5 Å². The normalized spacial score (nSPS) is 18.0. The lowest BCUT2D eigenvalue weighted by atomic mass is 10.0. The number of benzene rings is 1. The van der Waals surface area contributed by atoms with E-state index in [4.69, 9.17) is 4.74 Å². The van der Waals surface area contributed by atoms with Gasteiger partial charge in [0.15, 0.2) is 0 Å². The zero-order valence-electron chi connectivity index (χ0n) is 17.8. The minimum atomic E-state index is 0.209. The third-order valence-corrected chi connectivity index (χ3v) is 6.99. The fourth-order valence-electron chi connectivity index (χ4n) is 4.27. The molecule has 0 bridgehead atoms. The van der Waals surface area contributed by atoms with Crippen LogP contribution in [0.3, 0.4) is 0 Å². The van der Waals surface area contributed by atoms with Crippen LogP contribution in [-0.2, 0) is 9.53 Å². The molecule has 2 aliphatic rings. The maximum atomic E-state index is 12.6. The number of anilines is 1. The van der Waals surface area contributed by atoms with Crippen LogP contribution in [0.1, 0.15) is 5.56 Å². The summed E-state index contributed by atoms with van der Waals surface area (Å²) in [5, 5.41) is 3.32. The number of morpholine rings is 1. The second kappa shape index (κ2) is 8.90. The number of carbonyl (C=O) groups excluding carboxylic acids is 1. The quantitative estimate of drug-likeness (QED) is 0.625. The Morgan fingerprint density at radius 3 is 2.52 bits per heavy atom. The molecular weight excluding hydrogens is 410 g/mol. The number of ether oxygens (including phenoxy) is 1. The van der Waals surface area contributed by atoms with Crippen LogP contribution < -0.4 is 4.90 Å². The Morgan fingerprint density at radius 2 is 1.77 bits per heavy atom. The van der Waals surface area contributed by atoms with E-state index >= 15 is 0 Å². The monoisotopic (exact) mass is 437 g/mol. The molecule has 1 amide bonds. The molecule has 0 radical (unpaired) electrons. The topological polar surface area (TPSA) is 61.8 Å². The summed E-state index contributed by atoms with van der Waals surface area (Å²) in [5.74, 6) is 1.21. The van der Waals surface area contributed by atoms with E-state index in [0.29, 0.717) is 32.8 Å². The molecule has 0 aliphatic carbocycles. The smallest absolute Gasteiger partial charge is 0.236 e. The molecule has 7 nitrogen and oxygen atoms in total. The van der Waals surface area contributed by atoms with Gasteiger partial charge in [0.1, 0.15) is 17.0 Å². The summed E-state index contributed by atoms with van der Waals surface area (Å²) in [6, 6.07) is 8.63. The molecule has 8 heteroatoms. The molecule has 2 fully saturated rings. The molecule has 0 unspecified atom stereocenters. The highest BCUT2D eigenvalue weighted by molar-refractivity contribution is 7.17. The maximum Gasteiger partial charge on any atom is 0.236 e. The SMILES string of the molecule is Cc1ccc(-c2csc3ncnc(N4CCN(CC(=O)N5CCOCC5)CC4)c23)cc1. The van der Waals surface area contributed by atoms with Gasteiger partial charge in [0, 0.05) is 50.2 Å². The van der Waals surface area contributed by atoms with Crippen molar-refractivity contribution in [2.45, 2.75) is 6.92 Å². The maximum absolute atomic E-state index is 12.6. The Morgan fingerprint density at radius 1 is 1.03 bits per heavy atom. The molecule has 0 N–H and O–H groups in total. The first-order valence-corrected chi connectivity index (χ1v) is 11.7. The van der Waals surface area contributed by atoms with Crippen LogP contribution in [0.4, 0.5) is 5.82 Å². The number of hydrogen-bond acceptors (Lipinski definition) is 7. The van der Waals surface area contributed by atoms with E-state index in [1.807, 2.05) is 4.90 Å². The van der Waals surface area contributed by atoms with Gasteiger partial charge in [0.25, 0.3) is 0 Å². The Kier molecular flexibility index (Phi) is 5.85. The lowest BCUT2D eigenvalue weighted by Gasteiger charge is -2.36. The summed E-state index contributed by atoms with van der Waals surface area (Å²) in [6.45, 7) is 8.71. The van der Waals surface area contributed by atoms with Crippen LogP contribution in [0.5, 0.6) is 0 Å². The van der Waals surface area contributed by atoms with Crippen molar-refractivity contribution in [2.24, 2.45) is 0 Å². The number of hydrogen-bond donors (Lipinski definition) is 0. The van der Waals surface area contributed by atoms with E-state index in [2.05, 4.69) is 56.3 Å². The summed E-state index contributed by atoms with van der Waals surface area (Å²) in [7, 11) is 0. The fraction of sp³-hybridized carbons (Fsp3) is 0.435. The number of amides is 1. The van der Waals surface area contributed by atoms with Gasteiger partial charge in [-0.15, -0.1) is 11.3 Å². The Balaban J connectivity index is 1.31. The highest BCUT2D eigenvalue weighted by Crippen LogP contribution is 2.38. The predicted octanol–water partition coefficient (Wildman–Crippen LogP) is 2.65. The second-order valence-electron chi connectivity index (χ2n) is 8.15. The lowest BCUT2D eigenvalue weighted by Crippen LogP contribution is -2.51. The number of piperazine rings is 1. The van der Waals surface area contributed by atoms with E-state index < -0.39 is 0 Å². The zero-order valence-corrected chi connectivity index (χ0v) is 18.6. The van der Waals surface area contributed by atoms with E-state index in [-0.39, 0.29) is 5.91 Å². The van der Waals surface area contributed by atoms with Crippen molar-refractivity contribution >= 4 is 33.3 Å². The van der Waals surface area contributed by atoms with Crippen LogP contribution in [0.2, 0.25) is 0 Å². The van der Waals surface area contributed by atoms with Gasteiger partial charge < -0.3 is 14.5 Å². The molecule has 31 heavy (non-hydrogen) atoms. The van der Waals surface area contributed by atoms with Crippen molar-refractivity contribution in [2.75, 3.05) is 63.9 Å². The highest BCUT2D eigenvalue weighted by atomic mass is 32.1. The van der Waals surface area contributed by atoms with Crippen LogP contribution >= 0.6 is 11.3 Å². The van der Waals surface area contributed by atoms with Crippen LogP contribution in [0.15, 0.2) is 36.0 Å². The molecule has 5 rings (SSSR count). The lowest BCUT2D eigenvalue weighted by molar-refractivity contribution is -0.136. The third kappa shape index (κ3) is 4.28. The molecule has 2 aliphatic heterocycles. The van der Waals surface area contributed by atoms with Gasteiger partial charge in [-0.1, -0.05) is 29.8 Å². The summed E-state index contributed by atoms with van der Waals surface area (Å²) in [6.07, 6.45) is 1.67. The average Bonchev–Trinajstić information content (AvgIpc) is 3.25. The molecule has 4 heterocycles. The minimum absolute atomic E-state index is 0.209. The fourth-order valence-corrected chi connectivity index (χ4v) is 5.18. The van der Waals surface area contributed by atoms with Crippen molar-refractivity contribution in [1.29, 1.82) is 0 Å². The number of thiophene rings is 1. The van der Waals surface area contributed by atoms with Gasteiger partial charge >= 0.3 is 0 Å². The largest absolute Gasteiger partial charge is 0.378 e. The van der Waals surface area contributed by atoms with E-state index in [1.165, 1.54) is 16.7 Å². The van der Waals surface area contributed by atoms with Gasteiger partial charge in [-0.25, -0.2) is 9.97 Å². The second-order valence-corrected chi connectivity index (χ2v) is 9.01. The molecule has 0 atom stereocenters. The third-order valence-electron chi connectivity index (χ3n) is 6.11.